The second-order valence-corrected chi connectivity index (χ2v) is 5.68. The number of nitrogens with zero attached hydrogens (tertiary/aromatic N) is 2. The summed E-state index contributed by atoms with van der Waals surface area (Å²) in [6.07, 6.45) is 3.83. The van der Waals surface area contributed by atoms with E-state index in [-0.39, 0.29) is 5.91 Å². The van der Waals surface area contributed by atoms with Gasteiger partial charge in [-0.15, -0.1) is 0 Å². The molecular formula is C15H25N5O. The highest BCUT2D eigenvalue weighted by Crippen LogP contribution is 2.12. The normalized spacial score (nSPS) is 17.3. The topological polar surface area (TPSA) is 83.3 Å². The summed E-state index contributed by atoms with van der Waals surface area (Å²) in [4.78, 5) is 18.8. The molecule has 2 rings (SSSR count). The molecule has 1 aliphatic rings. The number of carbonyl (C=O) groups is 1. The number of nitrogens with two attached hydrogens (primary N) is 1. The highest BCUT2D eigenvalue weighted by molar-refractivity contribution is 5.95. The van der Waals surface area contributed by atoms with E-state index < -0.39 is 0 Å². The molecule has 2 heterocycles. The van der Waals surface area contributed by atoms with Crippen molar-refractivity contribution in [1.29, 1.82) is 0 Å². The van der Waals surface area contributed by atoms with Crippen LogP contribution in [0.5, 0.6) is 0 Å². The summed E-state index contributed by atoms with van der Waals surface area (Å²) in [5.41, 5.74) is 3.83. The molecule has 0 bridgehead atoms. The molecule has 6 heteroatoms. The Hall–Kier alpha value is -1.66. The molecule has 1 atom stereocenters. The van der Waals surface area contributed by atoms with Crippen LogP contribution in [0.2, 0.25) is 0 Å². The largest absolute Gasteiger partial charge is 0.350 e. The molecule has 0 saturated carbocycles. The number of carbonyl (C=O) groups excluding carboxylic acids is 1. The number of aromatic nitrogens is 1. The molecule has 1 amide bonds. The predicted molar refractivity (Wildman–Crippen MR) is 84.0 cm³/mol. The molecule has 1 unspecified atom stereocenters. The average molecular weight is 291 g/mol. The quantitative estimate of drug-likeness (QED) is 0.562. The first-order valence-electron chi connectivity index (χ1n) is 7.57. The summed E-state index contributed by atoms with van der Waals surface area (Å²) in [5.74, 6) is 5.78. The fraction of sp³-hybridized carbons (Fsp3) is 0.600. The van der Waals surface area contributed by atoms with E-state index in [9.17, 15) is 4.79 Å². The van der Waals surface area contributed by atoms with E-state index in [0.29, 0.717) is 24.0 Å². The fourth-order valence-electron chi connectivity index (χ4n) is 2.70. The van der Waals surface area contributed by atoms with Gasteiger partial charge in [0.05, 0.1) is 0 Å². The molecule has 6 nitrogen and oxygen atoms in total. The molecule has 1 aromatic rings. The summed E-state index contributed by atoms with van der Waals surface area (Å²) >= 11 is 0. The third-order valence-corrected chi connectivity index (χ3v) is 3.94. The first kappa shape index (κ1) is 15.7. The smallest absolute Gasteiger partial charge is 0.251 e. The Bertz CT molecular complexity index is 485. The number of nitrogens with one attached hydrogen (secondary N) is 2. The Balaban J connectivity index is 1.90. The van der Waals surface area contributed by atoms with Crippen molar-refractivity contribution in [2.45, 2.75) is 39.2 Å². The minimum Gasteiger partial charge on any atom is -0.350 e. The summed E-state index contributed by atoms with van der Waals surface area (Å²) in [7, 11) is 0. The number of hydrazine groups is 1. The van der Waals surface area contributed by atoms with Gasteiger partial charge in [-0.3, -0.25) is 9.69 Å². The number of hydrogen-bond donors (Lipinski definition) is 3. The first-order chi connectivity index (χ1) is 10.1. The molecule has 0 aromatic carbocycles. The number of hydrogen-bond acceptors (Lipinski definition) is 5. The van der Waals surface area contributed by atoms with Crippen LogP contribution in [0.25, 0.3) is 0 Å². The van der Waals surface area contributed by atoms with Crippen LogP contribution in [0.15, 0.2) is 12.1 Å². The molecule has 116 valence electrons. The summed E-state index contributed by atoms with van der Waals surface area (Å²) in [6, 6.07) is 3.79. The molecular weight excluding hydrogens is 266 g/mol. The molecule has 4 N–H and O–H groups in total. The second-order valence-electron chi connectivity index (χ2n) is 5.68. The van der Waals surface area contributed by atoms with Gasteiger partial charge in [0.1, 0.15) is 5.82 Å². The number of piperidine rings is 1. The van der Waals surface area contributed by atoms with Crippen LogP contribution >= 0.6 is 0 Å². The van der Waals surface area contributed by atoms with E-state index in [4.69, 9.17) is 5.84 Å². The van der Waals surface area contributed by atoms with Gasteiger partial charge in [-0.25, -0.2) is 10.8 Å². The van der Waals surface area contributed by atoms with E-state index in [1.807, 2.05) is 6.92 Å². The number of aryl methyl sites for hydroxylation is 1. The standard InChI is InChI=1S/C15H25N5O/c1-11-8-13(9-14(18-11)19-16)15(21)17-10-12(2)20-6-4-3-5-7-20/h8-9,12H,3-7,10,16H2,1-2H3,(H,17,21)(H,18,19). The van der Waals surface area contributed by atoms with Crippen molar-refractivity contribution >= 4 is 11.7 Å². The van der Waals surface area contributed by atoms with Crippen LogP contribution in [0, 0.1) is 6.92 Å². The molecule has 0 spiro atoms. The minimum atomic E-state index is -0.0825. The molecule has 1 saturated heterocycles. The number of anilines is 1. The maximum absolute atomic E-state index is 12.2. The Morgan fingerprint density at radius 2 is 2.10 bits per heavy atom. The third kappa shape index (κ3) is 4.41. The molecule has 1 fully saturated rings. The zero-order valence-electron chi connectivity index (χ0n) is 12.9. The lowest BCUT2D eigenvalue weighted by molar-refractivity contribution is 0.0930. The van der Waals surface area contributed by atoms with Crippen molar-refractivity contribution in [2.24, 2.45) is 5.84 Å². The maximum Gasteiger partial charge on any atom is 0.251 e. The van der Waals surface area contributed by atoms with Gasteiger partial charge in [-0.2, -0.15) is 0 Å². The Labute approximate surface area is 126 Å². The van der Waals surface area contributed by atoms with Crippen molar-refractivity contribution in [2.75, 3.05) is 25.1 Å². The van der Waals surface area contributed by atoms with Gasteiger partial charge in [-0.05, 0) is 51.9 Å². The van der Waals surface area contributed by atoms with Crippen molar-refractivity contribution in [1.82, 2.24) is 15.2 Å². The minimum absolute atomic E-state index is 0.0825. The lowest BCUT2D eigenvalue weighted by atomic mass is 10.1. The second kappa shape index (κ2) is 7.38. The molecule has 0 aliphatic carbocycles. The maximum atomic E-state index is 12.2. The lowest BCUT2D eigenvalue weighted by Crippen LogP contribution is -2.44. The number of nitrogen functional groups attached to an aromatic ring is 1. The van der Waals surface area contributed by atoms with Crippen molar-refractivity contribution < 1.29 is 4.79 Å². The monoisotopic (exact) mass is 291 g/mol. The zero-order valence-corrected chi connectivity index (χ0v) is 12.9. The molecule has 21 heavy (non-hydrogen) atoms. The highest BCUT2D eigenvalue weighted by atomic mass is 16.1. The van der Waals surface area contributed by atoms with Gasteiger partial charge in [0, 0.05) is 23.8 Å². The van der Waals surface area contributed by atoms with Crippen LogP contribution in [0.1, 0.15) is 42.2 Å². The Morgan fingerprint density at radius 1 is 1.38 bits per heavy atom. The number of rotatable bonds is 5. The molecule has 0 radical (unpaired) electrons. The third-order valence-electron chi connectivity index (χ3n) is 3.94. The van der Waals surface area contributed by atoms with Crippen molar-refractivity contribution in [3.05, 3.63) is 23.4 Å². The van der Waals surface area contributed by atoms with Crippen LogP contribution in [-0.2, 0) is 0 Å². The lowest BCUT2D eigenvalue weighted by Gasteiger charge is -2.32. The van der Waals surface area contributed by atoms with Crippen LogP contribution in [0.3, 0.4) is 0 Å². The SMILES string of the molecule is Cc1cc(C(=O)NCC(C)N2CCCCC2)cc(NN)n1. The Morgan fingerprint density at radius 3 is 2.76 bits per heavy atom. The summed E-state index contributed by atoms with van der Waals surface area (Å²) in [5, 5.41) is 3.00. The van der Waals surface area contributed by atoms with Gasteiger partial charge in [0.2, 0.25) is 0 Å². The van der Waals surface area contributed by atoms with E-state index in [1.165, 1.54) is 19.3 Å². The zero-order chi connectivity index (χ0) is 15.2. The van der Waals surface area contributed by atoms with Gasteiger partial charge < -0.3 is 10.7 Å². The molecule has 1 aromatic heterocycles. The Kier molecular flexibility index (Phi) is 5.52. The van der Waals surface area contributed by atoms with Crippen LogP contribution in [0.4, 0.5) is 5.82 Å². The van der Waals surface area contributed by atoms with Gasteiger partial charge >= 0.3 is 0 Å². The van der Waals surface area contributed by atoms with Crippen LogP contribution in [-0.4, -0.2) is 41.5 Å². The number of likely N-dealkylation sites (tertiary alicyclic amines) is 1. The van der Waals surface area contributed by atoms with E-state index in [0.717, 1.165) is 18.8 Å². The highest BCUT2D eigenvalue weighted by Gasteiger charge is 2.17. The summed E-state index contributed by atoms with van der Waals surface area (Å²) in [6.45, 7) is 6.93. The fourth-order valence-corrected chi connectivity index (χ4v) is 2.70. The van der Waals surface area contributed by atoms with E-state index in [2.05, 4.69) is 27.6 Å². The number of amides is 1. The van der Waals surface area contributed by atoms with Gasteiger partial charge in [-0.1, -0.05) is 6.42 Å². The van der Waals surface area contributed by atoms with Crippen molar-refractivity contribution in [3.8, 4) is 0 Å². The summed E-state index contributed by atoms with van der Waals surface area (Å²) < 4.78 is 0. The predicted octanol–water partition coefficient (Wildman–Crippen LogP) is 1.28. The number of pyridine rings is 1. The van der Waals surface area contributed by atoms with E-state index >= 15 is 0 Å². The van der Waals surface area contributed by atoms with E-state index in [1.54, 1.807) is 12.1 Å². The van der Waals surface area contributed by atoms with Crippen LogP contribution < -0.4 is 16.6 Å². The van der Waals surface area contributed by atoms with Gasteiger partial charge in [0.15, 0.2) is 0 Å². The first-order valence-corrected chi connectivity index (χ1v) is 7.57. The van der Waals surface area contributed by atoms with Crippen molar-refractivity contribution in [3.63, 3.8) is 0 Å². The average Bonchev–Trinajstić information content (AvgIpc) is 2.52. The van der Waals surface area contributed by atoms with Gasteiger partial charge in [0.25, 0.3) is 5.91 Å². The molecule has 1 aliphatic heterocycles.